The number of rotatable bonds is 0. The molecule has 0 spiro atoms. The van der Waals surface area contributed by atoms with Crippen molar-refractivity contribution in [3.63, 3.8) is 0 Å². The van der Waals surface area contributed by atoms with Crippen LogP contribution in [0.4, 0.5) is 4.79 Å². The van der Waals surface area contributed by atoms with E-state index >= 15 is 0 Å². The monoisotopic (exact) mass is 200 g/mol. The van der Waals surface area contributed by atoms with Gasteiger partial charge in [0.05, 0.1) is 12.4 Å². The Labute approximate surface area is 82.3 Å². The fourth-order valence-electron chi connectivity index (χ4n) is 0.722. The van der Waals surface area contributed by atoms with Crippen LogP contribution < -0.4 is 0 Å². The SMILES string of the molecule is CC(C)(C)OC(=O)n1cc(S)cn1. The smallest absolute Gasteiger partial charge is 0.435 e. The van der Waals surface area contributed by atoms with Gasteiger partial charge in [0.25, 0.3) is 0 Å². The lowest BCUT2D eigenvalue weighted by Gasteiger charge is -2.18. The Morgan fingerprint density at radius 1 is 1.62 bits per heavy atom. The first kappa shape index (κ1) is 10.1. The fourth-order valence-corrected chi connectivity index (χ4v) is 0.883. The van der Waals surface area contributed by atoms with E-state index in [-0.39, 0.29) is 0 Å². The second kappa shape index (κ2) is 3.41. The van der Waals surface area contributed by atoms with E-state index in [0.29, 0.717) is 4.90 Å². The van der Waals surface area contributed by atoms with Crippen LogP contribution in [-0.4, -0.2) is 21.5 Å². The van der Waals surface area contributed by atoms with E-state index in [4.69, 9.17) is 4.74 Å². The molecule has 1 aromatic rings. The molecule has 0 saturated heterocycles. The third-order valence-electron chi connectivity index (χ3n) is 1.15. The Hall–Kier alpha value is -0.970. The molecule has 0 aliphatic carbocycles. The number of hydrogen-bond donors (Lipinski definition) is 1. The molecule has 1 aromatic heterocycles. The topological polar surface area (TPSA) is 44.1 Å². The van der Waals surface area contributed by atoms with Crippen LogP contribution in [0.2, 0.25) is 0 Å². The summed E-state index contributed by atoms with van der Waals surface area (Å²) >= 11 is 4.02. The zero-order valence-corrected chi connectivity index (χ0v) is 8.71. The summed E-state index contributed by atoms with van der Waals surface area (Å²) in [6.45, 7) is 5.40. The van der Waals surface area contributed by atoms with Crippen LogP contribution in [0.25, 0.3) is 0 Å². The molecule has 1 heterocycles. The minimum Gasteiger partial charge on any atom is -0.442 e. The number of carbonyl (C=O) groups excluding carboxylic acids is 1. The van der Waals surface area contributed by atoms with Crippen LogP contribution in [0.1, 0.15) is 20.8 Å². The molecule has 0 aliphatic heterocycles. The molecule has 1 rings (SSSR count). The molecule has 0 fully saturated rings. The minimum atomic E-state index is -0.500. The minimum absolute atomic E-state index is 0.493. The van der Waals surface area contributed by atoms with E-state index in [9.17, 15) is 4.79 Å². The predicted molar refractivity (Wildman–Crippen MR) is 51.1 cm³/mol. The van der Waals surface area contributed by atoms with Crippen LogP contribution in [0.5, 0.6) is 0 Å². The highest BCUT2D eigenvalue weighted by Gasteiger charge is 2.17. The van der Waals surface area contributed by atoms with Crippen molar-refractivity contribution in [3.05, 3.63) is 12.4 Å². The quantitative estimate of drug-likeness (QED) is 0.651. The highest BCUT2D eigenvalue weighted by molar-refractivity contribution is 7.80. The predicted octanol–water partition coefficient (Wildman–Crippen LogP) is 1.95. The molecule has 0 atom stereocenters. The summed E-state index contributed by atoms with van der Waals surface area (Å²) < 4.78 is 6.18. The summed E-state index contributed by atoms with van der Waals surface area (Å²) in [4.78, 5) is 11.9. The molecule has 0 amide bonds. The van der Waals surface area contributed by atoms with Crippen molar-refractivity contribution in [2.45, 2.75) is 31.3 Å². The summed E-state index contributed by atoms with van der Waals surface area (Å²) in [5, 5.41) is 3.77. The number of carbonyl (C=O) groups is 1. The molecule has 0 bridgehead atoms. The summed E-state index contributed by atoms with van der Waals surface area (Å²) in [6, 6.07) is 0. The van der Waals surface area contributed by atoms with Crippen LogP contribution >= 0.6 is 12.6 Å². The number of nitrogens with zero attached hydrogens (tertiary/aromatic N) is 2. The second-order valence-electron chi connectivity index (χ2n) is 3.62. The lowest BCUT2D eigenvalue weighted by Crippen LogP contribution is -2.27. The second-order valence-corrected chi connectivity index (χ2v) is 4.14. The maximum Gasteiger partial charge on any atom is 0.435 e. The van der Waals surface area contributed by atoms with Crippen LogP contribution in [0.15, 0.2) is 17.3 Å². The Bertz CT molecular complexity index is 314. The van der Waals surface area contributed by atoms with E-state index in [0.717, 1.165) is 4.68 Å². The molecule has 0 radical (unpaired) electrons. The first-order valence-electron chi connectivity index (χ1n) is 3.85. The third-order valence-corrected chi connectivity index (χ3v) is 1.38. The zero-order chi connectivity index (χ0) is 10.1. The Morgan fingerprint density at radius 2 is 2.23 bits per heavy atom. The fraction of sp³-hybridized carbons (Fsp3) is 0.500. The standard InChI is InChI=1S/C8H12N2O2S/c1-8(2,3)12-7(11)10-5-6(13)4-9-10/h4-5,13H,1-3H3. The number of hydrogen-bond acceptors (Lipinski definition) is 4. The average molecular weight is 200 g/mol. The van der Waals surface area contributed by atoms with Crippen molar-refractivity contribution in [1.82, 2.24) is 9.78 Å². The van der Waals surface area contributed by atoms with Gasteiger partial charge in [0, 0.05) is 4.90 Å². The van der Waals surface area contributed by atoms with Crippen molar-refractivity contribution in [1.29, 1.82) is 0 Å². The largest absolute Gasteiger partial charge is 0.442 e. The first-order valence-corrected chi connectivity index (χ1v) is 4.30. The Balaban J connectivity index is 2.70. The number of aromatic nitrogens is 2. The molecular formula is C8H12N2O2S. The highest BCUT2D eigenvalue weighted by Crippen LogP contribution is 2.09. The van der Waals surface area contributed by atoms with Crippen molar-refractivity contribution < 1.29 is 9.53 Å². The van der Waals surface area contributed by atoms with Crippen LogP contribution in [0.3, 0.4) is 0 Å². The summed E-state index contributed by atoms with van der Waals surface area (Å²) in [5.74, 6) is 0. The molecule has 0 saturated carbocycles. The maximum absolute atomic E-state index is 11.3. The van der Waals surface area contributed by atoms with Gasteiger partial charge in [-0.25, -0.2) is 4.79 Å². The Morgan fingerprint density at radius 3 is 2.62 bits per heavy atom. The molecule has 72 valence electrons. The van der Waals surface area contributed by atoms with E-state index in [1.165, 1.54) is 12.4 Å². The van der Waals surface area contributed by atoms with Gasteiger partial charge in [0.1, 0.15) is 5.60 Å². The van der Waals surface area contributed by atoms with Crippen molar-refractivity contribution in [2.24, 2.45) is 0 Å². The molecule has 0 N–H and O–H groups in total. The van der Waals surface area contributed by atoms with Gasteiger partial charge in [-0.15, -0.1) is 12.6 Å². The lowest BCUT2D eigenvalue weighted by atomic mass is 10.2. The van der Waals surface area contributed by atoms with Crippen molar-refractivity contribution in [2.75, 3.05) is 0 Å². The van der Waals surface area contributed by atoms with Gasteiger partial charge in [-0.2, -0.15) is 9.78 Å². The highest BCUT2D eigenvalue weighted by atomic mass is 32.1. The number of ether oxygens (including phenoxy) is 1. The molecule has 5 heteroatoms. The van der Waals surface area contributed by atoms with E-state index in [2.05, 4.69) is 17.7 Å². The normalized spacial score (nSPS) is 11.4. The van der Waals surface area contributed by atoms with Gasteiger partial charge in [-0.3, -0.25) is 0 Å². The molecule has 4 nitrogen and oxygen atoms in total. The van der Waals surface area contributed by atoms with Crippen molar-refractivity contribution in [3.8, 4) is 0 Å². The van der Waals surface area contributed by atoms with Gasteiger partial charge in [-0.1, -0.05) is 0 Å². The molecule has 0 unspecified atom stereocenters. The molecule has 13 heavy (non-hydrogen) atoms. The van der Waals surface area contributed by atoms with E-state index in [1.807, 2.05) is 0 Å². The zero-order valence-electron chi connectivity index (χ0n) is 7.81. The molecule has 0 aliphatic rings. The average Bonchev–Trinajstić information content (AvgIpc) is 2.31. The summed E-state index contributed by atoms with van der Waals surface area (Å²) in [6.07, 6.45) is 2.48. The van der Waals surface area contributed by atoms with Gasteiger partial charge >= 0.3 is 6.09 Å². The Kier molecular flexibility index (Phi) is 2.66. The first-order chi connectivity index (χ1) is 5.88. The van der Waals surface area contributed by atoms with Crippen LogP contribution in [0, 0.1) is 0 Å². The van der Waals surface area contributed by atoms with E-state index in [1.54, 1.807) is 20.8 Å². The van der Waals surface area contributed by atoms with Gasteiger partial charge in [0.2, 0.25) is 0 Å². The van der Waals surface area contributed by atoms with Gasteiger partial charge in [-0.05, 0) is 20.8 Å². The lowest BCUT2D eigenvalue weighted by molar-refractivity contribution is 0.0514. The number of thiol groups is 1. The van der Waals surface area contributed by atoms with Crippen molar-refractivity contribution >= 4 is 18.7 Å². The van der Waals surface area contributed by atoms with Gasteiger partial charge < -0.3 is 4.74 Å². The summed E-state index contributed by atoms with van der Waals surface area (Å²) in [7, 11) is 0. The summed E-state index contributed by atoms with van der Waals surface area (Å²) in [5.41, 5.74) is -0.500. The van der Waals surface area contributed by atoms with E-state index < -0.39 is 11.7 Å². The third kappa shape index (κ3) is 3.10. The molecular weight excluding hydrogens is 188 g/mol. The van der Waals surface area contributed by atoms with Crippen LogP contribution in [-0.2, 0) is 4.74 Å². The molecule has 0 aromatic carbocycles. The van der Waals surface area contributed by atoms with Gasteiger partial charge in [0.15, 0.2) is 0 Å². The maximum atomic E-state index is 11.3.